The molecule has 0 aliphatic carbocycles. The third kappa shape index (κ3) is 3.75. The summed E-state index contributed by atoms with van der Waals surface area (Å²) in [5.41, 5.74) is 0.999. The fraction of sp³-hybridized carbons (Fsp3) is 0.348. The summed E-state index contributed by atoms with van der Waals surface area (Å²) >= 11 is 0. The highest BCUT2D eigenvalue weighted by Crippen LogP contribution is 2.40. The van der Waals surface area contributed by atoms with Crippen molar-refractivity contribution in [2.75, 3.05) is 20.1 Å². The largest absolute Gasteiger partial charge is 0.344 e. The van der Waals surface area contributed by atoms with E-state index in [9.17, 15) is 14.4 Å². The van der Waals surface area contributed by atoms with Gasteiger partial charge in [-0.2, -0.15) is 0 Å². The first-order valence-electron chi connectivity index (χ1n) is 9.93. The van der Waals surface area contributed by atoms with Gasteiger partial charge in [-0.15, -0.1) is 0 Å². The smallest absolute Gasteiger partial charge is 0.253 e. The van der Waals surface area contributed by atoms with Crippen molar-refractivity contribution in [2.24, 2.45) is 5.41 Å². The average Bonchev–Trinajstić information content (AvgIpc) is 3.32. The van der Waals surface area contributed by atoms with Crippen molar-refractivity contribution < 1.29 is 14.4 Å². The zero-order chi connectivity index (χ0) is 20.4. The molecule has 1 N–H and O–H groups in total. The Labute approximate surface area is 170 Å². The number of carbonyl (C=O) groups is 3. The van der Waals surface area contributed by atoms with Crippen LogP contribution in [0.4, 0.5) is 0 Å². The molecule has 2 fully saturated rings. The number of likely N-dealkylation sites (N-methyl/N-ethyl adjacent to an activating group) is 1. The Hall–Kier alpha value is -3.15. The SMILES string of the molecule is CN(Cc1ccccc1)C(=O)[C@@H]1C[C@@]2(CCN(C(=O)c3ccccc3)C2)C(=O)N1. The molecule has 29 heavy (non-hydrogen) atoms. The number of likely N-dealkylation sites (tertiary alicyclic amines) is 1. The third-order valence-corrected chi connectivity index (χ3v) is 5.98. The van der Waals surface area contributed by atoms with Gasteiger partial charge < -0.3 is 15.1 Å². The van der Waals surface area contributed by atoms with Crippen LogP contribution in [-0.4, -0.2) is 53.7 Å². The van der Waals surface area contributed by atoms with Crippen LogP contribution in [0.2, 0.25) is 0 Å². The van der Waals surface area contributed by atoms with E-state index in [1.54, 1.807) is 29.0 Å². The van der Waals surface area contributed by atoms with E-state index in [0.29, 0.717) is 38.0 Å². The molecule has 1 spiro atoms. The minimum absolute atomic E-state index is 0.0637. The van der Waals surface area contributed by atoms with Crippen molar-refractivity contribution in [1.29, 1.82) is 0 Å². The summed E-state index contributed by atoms with van der Waals surface area (Å²) in [7, 11) is 1.76. The van der Waals surface area contributed by atoms with Crippen molar-refractivity contribution in [1.82, 2.24) is 15.1 Å². The molecular weight excluding hydrogens is 366 g/mol. The molecule has 0 unspecified atom stereocenters. The number of hydrogen-bond acceptors (Lipinski definition) is 3. The summed E-state index contributed by atoms with van der Waals surface area (Å²) in [5.74, 6) is -0.273. The highest BCUT2D eigenvalue weighted by atomic mass is 16.2. The van der Waals surface area contributed by atoms with Crippen LogP contribution in [0.15, 0.2) is 60.7 Å². The van der Waals surface area contributed by atoms with Gasteiger partial charge in [0.25, 0.3) is 5.91 Å². The van der Waals surface area contributed by atoms with Crippen molar-refractivity contribution >= 4 is 17.7 Å². The Morgan fingerprint density at radius 1 is 1.10 bits per heavy atom. The topological polar surface area (TPSA) is 69.7 Å². The highest BCUT2D eigenvalue weighted by molar-refractivity contribution is 5.97. The Morgan fingerprint density at radius 3 is 2.45 bits per heavy atom. The van der Waals surface area contributed by atoms with Gasteiger partial charge in [0, 0.05) is 32.2 Å². The minimum Gasteiger partial charge on any atom is -0.344 e. The van der Waals surface area contributed by atoms with Crippen LogP contribution in [0.25, 0.3) is 0 Å². The van der Waals surface area contributed by atoms with E-state index in [0.717, 1.165) is 5.56 Å². The number of benzene rings is 2. The quantitative estimate of drug-likeness (QED) is 0.867. The molecule has 2 saturated heterocycles. The number of amides is 3. The summed E-state index contributed by atoms with van der Waals surface area (Å²) in [6.45, 7) is 1.39. The molecule has 2 aliphatic heterocycles. The van der Waals surface area contributed by atoms with Crippen LogP contribution in [0, 0.1) is 5.41 Å². The van der Waals surface area contributed by atoms with Gasteiger partial charge in [-0.25, -0.2) is 0 Å². The van der Waals surface area contributed by atoms with E-state index in [1.165, 1.54) is 0 Å². The van der Waals surface area contributed by atoms with Crippen LogP contribution in [0.3, 0.4) is 0 Å². The third-order valence-electron chi connectivity index (χ3n) is 5.98. The van der Waals surface area contributed by atoms with Gasteiger partial charge in [0.1, 0.15) is 6.04 Å². The maximum Gasteiger partial charge on any atom is 0.253 e. The standard InChI is InChI=1S/C23H25N3O3/c1-25(15-17-8-4-2-5-9-17)21(28)19-14-23(22(29)24-19)12-13-26(16-23)20(27)18-10-6-3-7-11-18/h2-11,19H,12-16H2,1H3,(H,24,29)/t19-,23+/m0/s1. The summed E-state index contributed by atoms with van der Waals surface area (Å²) in [6.07, 6.45) is 1.02. The van der Waals surface area contributed by atoms with E-state index in [2.05, 4.69) is 5.32 Å². The van der Waals surface area contributed by atoms with E-state index < -0.39 is 11.5 Å². The predicted octanol–water partition coefficient (Wildman–Crippen LogP) is 2.07. The van der Waals surface area contributed by atoms with E-state index in [4.69, 9.17) is 0 Å². The van der Waals surface area contributed by atoms with Crippen molar-refractivity contribution in [3.05, 3.63) is 71.8 Å². The molecule has 6 nitrogen and oxygen atoms in total. The molecule has 2 aromatic rings. The summed E-state index contributed by atoms with van der Waals surface area (Å²) in [4.78, 5) is 41.8. The molecule has 0 radical (unpaired) electrons. The van der Waals surface area contributed by atoms with Gasteiger partial charge >= 0.3 is 0 Å². The molecule has 3 amide bonds. The average molecular weight is 391 g/mol. The lowest BCUT2D eigenvalue weighted by Crippen LogP contribution is -2.42. The fourth-order valence-corrected chi connectivity index (χ4v) is 4.36. The number of hydrogen-bond donors (Lipinski definition) is 1. The molecule has 2 aliphatic rings. The van der Waals surface area contributed by atoms with Crippen molar-refractivity contribution in [2.45, 2.75) is 25.4 Å². The van der Waals surface area contributed by atoms with E-state index in [-0.39, 0.29) is 17.7 Å². The second-order valence-electron chi connectivity index (χ2n) is 8.03. The zero-order valence-electron chi connectivity index (χ0n) is 16.5. The molecule has 2 atom stereocenters. The molecule has 150 valence electrons. The molecular formula is C23H25N3O3. The van der Waals surface area contributed by atoms with Gasteiger partial charge in [-0.3, -0.25) is 14.4 Å². The van der Waals surface area contributed by atoms with Crippen LogP contribution >= 0.6 is 0 Å². The van der Waals surface area contributed by atoms with Gasteiger partial charge in [-0.05, 0) is 30.5 Å². The lowest BCUT2D eigenvalue weighted by molar-refractivity contribution is -0.133. The Kier molecular flexibility index (Phi) is 5.09. The molecule has 0 saturated carbocycles. The number of nitrogens with zero attached hydrogens (tertiary/aromatic N) is 2. The number of carbonyl (C=O) groups excluding carboxylic acids is 3. The Bertz CT molecular complexity index is 915. The Morgan fingerprint density at radius 2 is 1.76 bits per heavy atom. The first-order chi connectivity index (χ1) is 14.0. The first kappa shape index (κ1) is 19.2. The Balaban J connectivity index is 1.41. The number of nitrogens with one attached hydrogen (secondary N) is 1. The molecule has 0 bridgehead atoms. The van der Waals surface area contributed by atoms with Gasteiger partial charge in [-0.1, -0.05) is 48.5 Å². The molecule has 2 heterocycles. The lowest BCUT2D eigenvalue weighted by Gasteiger charge is -2.23. The molecule has 2 aromatic carbocycles. The maximum atomic E-state index is 12.9. The molecule has 6 heteroatoms. The highest BCUT2D eigenvalue weighted by Gasteiger charge is 2.53. The van der Waals surface area contributed by atoms with E-state index in [1.807, 2.05) is 48.5 Å². The van der Waals surface area contributed by atoms with Gasteiger partial charge in [0.05, 0.1) is 5.41 Å². The van der Waals surface area contributed by atoms with E-state index >= 15 is 0 Å². The number of rotatable bonds is 4. The van der Waals surface area contributed by atoms with Crippen LogP contribution in [0.5, 0.6) is 0 Å². The summed E-state index contributed by atoms with van der Waals surface area (Å²) in [6, 6.07) is 18.3. The van der Waals surface area contributed by atoms with Gasteiger partial charge in [0.15, 0.2) is 0 Å². The van der Waals surface area contributed by atoms with Crippen LogP contribution in [0.1, 0.15) is 28.8 Å². The second kappa shape index (κ2) is 7.70. The molecule has 0 aromatic heterocycles. The normalized spacial score (nSPS) is 23.3. The van der Waals surface area contributed by atoms with Gasteiger partial charge in [0.2, 0.25) is 11.8 Å². The monoisotopic (exact) mass is 391 g/mol. The first-order valence-corrected chi connectivity index (χ1v) is 9.93. The fourth-order valence-electron chi connectivity index (χ4n) is 4.36. The zero-order valence-corrected chi connectivity index (χ0v) is 16.5. The summed E-state index contributed by atoms with van der Waals surface area (Å²) in [5, 5.41) is 2.88. The second-order valence-corrected chi connectivity index (χ2v) is 8.03. The maximum absolute atomic E-state index is 12.9. The minimum atomic E-state index is -0.668. The van der Waals surface area contributed by atoms with Crippen LogP contribution < -0.4 is 5.32 Å². The molecule has 4 rings (SSSR count). The van der Waals surface area contributed by atoms with Crippen molar-refractivity contribution in [3.8, 4) is 0 Å². The summed E-state index contributed by atoms with van der Waals surface area (Å²) < 4.78 is 0. The lowest BCUT2D eigenvalue weighted by atomic mass is 9.83. The predicted molar refractivity (Wildman–Crippen MR) is 109 cm³/mol. The van der Waals surface area contributed by atoms with Crippen molar-refractivity contribution in [3.63, 3.8) is 0 Å². The van der Waals surface area contributed by atoms with Crippen LogP contribution in [-0.2, 0) is 16.1 Å².